The van der Waals surface area contributed by atoms with Crippen LogP contribution in [0.25, 0.3) is 0 Å². The van der Waals surface area contributed by atoms with Gasteiger partial charge in [-0.15, -0.1) is 0 Å². The summed E-state index contributed by atoms with van der Waals surface area (Å²) in [4.78, 5) is 24.3. The molecule has 17 heavy (non-hydrogen) atoms. The molecule has 0 atom stereocenters. The number of nitrogens with zero attached hydrogens (tertiary/aromatic N) is 1. The van der Waals surface area contributed by atoms with Crippen LogP contribution in [-0.4, -0.2) is 29.7 Å². The number of piperidine rings is 1. The molecule has 1 saturated heterocycles. The zero-order valence-electron chi connectivity index (χ0n) is 9.08. The number of hydrogen-bond donors (Lipinski definition) is 0. The number of Topliss-reactive ketones (excluding diaryl/α,β-unsaturated/α-hetero) is 1. The van der Waals surface area contributed by atoms with Gasteiger partial charge in [-0.1, -0.05) is 0 Å². The Morgan fingerprint density at radius 3 is 2.41 bits per heavy atom. The molecule has 0 spiro atoms. The van der Waals surface area contributed by atoms with E-state index in [1.807, 2.05) is 0 Å². The van der Waals surface area contributed by atoms with Gasteiger partial charge < -0.3 is 4.90 Å². The Morgan fingerprint density at radius 1 is 1.18 bits per heavy atom. The molecular formula is C12H11F2NO2. The molecule has 1 heterocycles. The molecule has 0 bridgehead atoms. The first-order chi connectivity index (χ1) is 8.08. The van der Waals surface area contributed by atoms with E-state index in [1.165, 1.54) is 4.90 Å². The lowest BCUT2D eigenvalue weighted by atomic mass is 10.1. The average Bonchev–Trinajstić information content (AvgIpc) is 2.29. The monoisotopic (exact) mass is 239 g/mol. The minimum absolute atomic E-state index is 0.105. The number of benzene rings is 1. The van der Waals surface area contributed by atoms with Gasteiger partial charge in [0.15, 0.2) is 0 Å². The summed E-state index contributed by atoms with van der Waals surface area (Å²) >= 11 is 0. The maximum atomic E-state index is 13.4. The van der Waals surface area contributed by atoms with Crippen LogP contribution in [0.1, 0.15) is 23.2 Å². The number of carbonyl (C=O) groups is 2. The van der Waals surface area contributed by atoms with Crippen LogP contribution in [-0.2, 0) is 4.79 Å². The minimum atomic E-state index is -0.869. The lowest BCUT2D eigenvalue weighted by molar-refractivity contribution is -0.120. The maximum absolute atomic E-state index is 13.4. The van der Waals surface area contributed by atoms with Crippen molar-refractivity contribution in [1.29, 1.82) is 0 Å². The Kier molecular flexibility index (Phi) is 3.17. The van der Waals surface area contributed by atoms with Gasteiger partial charge in [0.2, 0.25) is 0 Å². The molecule has 0 aliphatic carbocycles. The third kappa shape index (κ3) is 2.49. The van der Waals surface area contributed by atoms with E-state index in [0.717, 1.165) is 12.1 Å². The standard InChI is InChI=1S/C12H11F2NO2/c13-8-1-2-10(11(14)7-8)12(17)15-5-3-9(16)4-6-15/h1-2,7H,3-6H2. The Balaban J connectivity index is 2.16. The van der Waals surface area contributed by atoms with Gasteiger partial charge in [-0.2, -0.15) is 0 Å². The van der Waals surface area contributed by atoms with Gasteiger partial charge in [0, 0.05) is 32.0 Å². The molecule has 0 aromatic heterocycles. The van der Waals surface area contributed by atoms with Crippen molar-refractivity contribution in [3.63, 3.8) is 0 Å². The summed E-state index contributed by atoms with van der Waals surface area (Å²) in [5, 5.41) is 0. The minimum Gasteiger partial charge on any atom is -0.338 e. The van der Waals surface area contributed by atoms with E-state index in [0.29, 0.717) is 32.0 Å². The third-order valence-electron chi connectivity index (χ3n) is 2.77. The van der Waals surface area contributed by atoms with Crippen molar-refractivity contribution >= 4 is 11.7 Å². The largest absolute Gasteiger partial charge is 0.338 e. The molecule has 1 aliphatic heterocycles. The van der Waals surface area contributed by atoms with Crippen LogP contribution in [0, 0.1) is 11.6 Å². The lowest BCUT2D eigenvalue weighted by Gasteiger charge is -2.26. The fourth-order valence-electron chi connectivity index (χ4n) is 1.79. The quantitative estimate of drug-likeness (QED) is 0.749. The number of hydrogen-bond acceptors (Lipinski definition) is 2. The molecule has 1 aromatic rings. The second kappa shape index (κ2) is 4.61. The summed E-state index contributed by atoms with van der Waals surface area (Å²) in [6.45, 7) is 0.600. The predicted octanol–water partition coefficient (Wildman–Crippen LogP) is 1.77. The maximum Gasteiger partial charge on any atom is 0.256 e. The smallest absolute Gasteiger partial charge is 0.256 e. The summed E-state index contributed by atoms with van der Waals surface area (Å²) in [6.07, 6.45) is 0.600. The molecule has 2 rings (SSSR count). The van der Waals surface area contributed by atoms with Crippen LogP contribution in [0.5, 0.6) is 0 Å². The Morgan fingerprint density at radius 2 is 1.82 bits per heavy atom. The number of halogens is 2. The zero-order chi connectivity index (χ0) is 12.4. The van der Waals surface area contributed by atoms with Crippen molar-refractivity contribution < 1.29 is 18.4 Å². The Labute approximate surface area is 97.0 Å². The Hall–Kier alpha value is -1.78. The molecule has 90 valence electrons. The molecular weight excluding hydrogens is 228 g/mol. The van der Waals surface area contributed by atoms with Gasteiger partial charge in [-0.25, -0.2) is 8.78 Å². The molecule has 0 radical (unpaired) electrons. The molecule has 0 unspecified atom stereocenters. The highest BCUT2D eigenvalue weighted by molar-refractivity contribution is 5.95. The summed E-state index contributed by atoms with van der Waals surface area (Å²) < 4.78 is 26.1. The summed E-state index contributed by atoms with van der Waals surface area (Å²) in [6, 6.07) is 2.86. The first-order valence-corrected chi connectivity index (χ1v) is 5.34. The van der Waals surface area contributed by atoms with Crippen molar-refractivity contribution in [1.82, 2.24) is 4.90 Å². The van der Waals surface area contributed by atoms with Gasteiger partial charge >= 0.3 is 0 Å². The van der Waals surface area contributed by atoms with Crippen molar-refractivity contribution in [2.24, 2.45) is 0 Å². The van der Waals surface area contributed by atoms with E-state index in [2.05, 4.69) is 0 Å². The van der Waals surface area contributed by atoms with Gasteiger partial charge in [0.1, 0.15) is 17.4 Å². The second-order valence-electron chi connectivity index (χ2n) is 3.96. The summed E-state index contributed by atoms with van der Waals surface area (Å²) in [5.41, 5.74) is -0.152. The first kappa shape index (κ1) is 11.7. The number of amides is 1. The molecule has 1 amide bonds. The van der Waals surface area contributed by atoms with Crippen LogP contribution in [0.2, 0.25) is 0 Å². The average molecular weight is 239 g/mol. The normalized spacial score (nSPS) is 16.1. The number of carbonyl (C=O) groups excluding carboxylic acids is 2. The molecule has 3 nitrogen and oxygen atoms in total. The van der Waals surface area contributed by atoms with Crippen molar-refractivity contribution in [2.45, 2.75) is 12.8 Å². The first-order valence-electron chi connectivity index (χ1n) is 5.34. The number of likely N-dealkylation sites (tertiary alicyclic amines) is 1. The van der Waals surface area contributed by atoms with Gasteiger partial charge in [0.05, 0.1) is 5.56 Å². The van der Waals surface area contributed by atoms with Crippen LogP contribution in [0.4, 0.5) is 8.78 Å². The number of rotatable bonds is 1. The molecule has 0 N–H and O–H groups in total. The zero-order valence-corrected chi connectivity index (χ0v) is 9.08. The van der Waals surface area contributed by atoms with Crippen LogP contribution in [0.15, 0.2) is 18.2 Å². The third-order valence-corrected chi connectivity index (χ3v) is 2.77. The number of ketones is 1. The van der Waals surface area contributed by atoms with Crippen molar-refractivity contribution in [3.8, 4) is 0 Å². The SMILES string of the molecule is O=C1CCN(C(=O)c2ccc(F)cc2F)CC1. The van der Waals surface area contributed by atoms with E-state index >= 15 is 0 Å². The van der Waals surface area contributed by atoms with Crippen LogP contribution in [0.3, 0.4) is 0 Å². The van der Waals surface area contributed by atoms with E-state index in [-0.39, 0.29) is 11.3 Å². The van der Waals surface area contributed by atoms with Crippen LogP contribution < -0.4 is 0 Å². The van der Waals surface area contributed by atoms with Gasteiger partial charge in [0.25, 0.3) is 5.91 Å². The topological polar surface area (TPSA) is 37.4 Å². The summed E-state index contributed by atoms with van der Waals surface area (Å²) in [7, 11) is 0. The molecule has 1 fully saturated rings. The van der Waals surface area contributed by atoms with E-state index in [9.17, 15) is 18.4 Å². The van der Waals surface area contributed by atoms with Gasteiger partial charge in [-0.3, -0.25) is 9.59 Å². The molecule has 1 aliphatic rings. The highest BCUT2D eigenvalue weighted by Gasteiger charge is 2.23. The van der Waals surface area contributed by atoms with Crippen LogP contribution >= 0.6 is 0 Å². The summed E-state index contributed by atoms with van der Waals surface area (Å²) in [5.74, 6) is -1.97. The van der Waals surface area contributed by atoms with Crippen molar-refractivity contribution in [3.05, 3.63) is 35.4 Å². The van der Waals surface area contributed by atoms with Crippen molar-refractivity contribution in [2.75, 3.05) is 13.1 Å². The van der Waals surface area contributed by atoms with E-state index < -0.39 is 17.5 Å². The fourth-order valence-corrected chi connectivity index (χ4v) is 1.79. The molecule has 5 heteroatoms. The fraction of sp³-hybridized carbons (Fsp3) is 0.333. The van der Waals surface area contributed by atoms with E-state index in [4.69, 9.17) is 0 Å². The second-order valence-corrected chi connectivity index (χ2v) is 3.96. The van der Waals surface area contributed by atoms with Gasteiger partial charge in [-0.05, 0) is 12.1 Å². The lowest BCUT2D eigenvalue weighted by Crippen LogP contribution is -2.39. The highest BCUT2D eigenvalue weighted by atomic mass is 19.1. The Bertz CT molecular complexity index is 464. The predicted molar refractivity (Wildman–Crippen MR) is 56.5 cm³/mol. The molecule has 0 saturated carbocycles. The molecule has 1 aromatic carbocycles. The van der Waals surface area contributed by atoms with E-state index in [1.54, 1.807) is 0 Å². The highest BCUT2D eigenvalue weighted by Crippen LogP contribution is 2.15.